The van der Waals surface area contributed by atoms with Gasteiger partial charge in [0.1, 0.15) is 0 Å². The molecule has 2 N–H and O–H groups in total. The molecule has 136 valence electrons. The number of rotatable bonds is 6. The Morgan fingerprint density at radius 1 is 1.16 bits per heavy atom. The van der Waals surface area contributed by atoms with Crippen LogP contribution in [0.15, 0.2) is 29.3 Å². The summed E-state index contributed by atoms with van der Waals surface area (Å²) in [5, 5.41) is 8.03. The molecule has 0 amide bonds. The maximum absolute atomic E-state index is 4.59. The molecule has 0 atom stereocenters. The Morgan fingerprint density at radius 2 is 1.88 bits per heavy atom. The van der Waals surface area contributed by atoms with Gasteiger partial charge in [0.25, 0.3) is 0 Å². The van der Waals surface area contributed by atoms with Crippen molar-refractivity contribution in [3.8, 4) is 0 Å². The number of hydrogen-bond acceptors (Lipinski definition) is 3. The van der Waals surface area contributed by atoms with E-state index in [1.54, 1.807) is 11.3 Å². The molecule has 0 aliphatic rings. The van der Waals surface area contributed by atoms with Gasteiger partial charge >= 0.3 is 0 Å². The normalized spacial score (nSPS) is 12.3. The second kappa shape index (κ2) is 8.48. The van der Waals surface area contributed by atoms with Crippen molar-refractivity contribution in [2.45, 2.75) is 46.5 Å². The van der Waals surface area contributed by atoms with Crippen molar-refractivity contribution < 1.29 is 0 Å². The summed E-state index contributed by atoms with van der Waals surface area (Å²) in [6.45, 7) is 12.5. The van der Waals surface area contributed by atoms with Gasteiger partial charge in [-0.25, -0.2) is 4.98 Å². The average Bonchev–Trinajstić information content (AvgIpc) is 2.89. The number of thiazole rings is 1. The molecule has 0 aliphatic heterocycles. The lowest BCUT2D eigenvalue weighted by molar-refractivity contribution is 0.506. The molecule has 0 spiro atoms. The molecule has 0 saturated carbocycles. The van der Waals surface area contributed by atoms with E-state index in [4.69, 9.17) is 0 Å². The largest absolute Gasteiger partial charge is 0.356 e. The number of aromatic nitrogens is 1. The van der Waals surface area contributed by atoms with Crippen LogP contribution in [0.1, 0.15) is 40.6 Å². The van der Waals surface area contributed by atoms with Gasteiger partial charge in [-0.15, -0.1) is 11.3 Å². The average molecular weight is 359 g/mol. The van der Waals surface area contributed by atoms with Crippen molar-refractivity contribution in [3.05, 3.63) is 51.0 Å². The van der Waals surface area contributed by atoms with E-state index in [0.29, 0.717) is 0 Å². The summed E-state index contributed by atoms with van der Waals surface area (Å²) >= 11 is 1.78. The zero-order valence-electron chi connectivity index (χ0n) is 16.2. The fourth-order valence-corrected chi connectivity index (χ4v) is 3.82. The number of benzene rings is 1. The number of hydrogen-bond donors (Lipinski definition) is 2. The number of nitrogens with zero attached hydrogens (tertiary/aromatic N) is 2. The number of aryl methyl sites for hydroxylation is 3. The van der Waals surface area contributed by atoms with E-state index in [1.807, 2.05) is 7.05 Å². The quantitative estimate of drug-likeness (QED) is 0.611. The Morgan fingerprint density at radius 3 is 2.48 bits per heavy atom. The van der Waals surface area contributed by atoms with Crippen LogP contribution in [0.5, 0.6) is 0 Å². The molecule has 0 radical (unpaired) electrons. The maximum atomic E-state index is 4.59. The fourth-order valence-electron chi connectivity index (χ4n) is 2.89. The zero-order valence-corrected chi connectivity index (χ0v) is 17.0. The Bertz CT molecular complexity index is 712. The first kappa shape index (κ1) is 19.4. The Labute approximate surface area is 155 Å². The Kier molecular flexibility index (Phi) is 6.59. The van der Waals surface area contributed by atoms with E-state index in [2.05, 4.69) is 79.5 Å². The summed E-state index contributed by atoms with van der Waals surface area (Å²) in [6, 6.07) is 8.57. The molecule has 4 nitrogen and oxygen atoms in total. The molecule has 0 bridgehead atoms. The minimum Gasteiger partial charge on any atom is -0.356 e. The van der Waals surface area contributed by atoms with E-state index in [9.17, 15) is 0 Å². The van der Waals surface area contributed by atoms with Gasteiger partial charge in [0.05, 0.1) is 10.7 Å². The summed E-state index contributed by atoms with van der Waals surface area (Å²) < 4.78 is 0. The van der Waals surface area contributed by atoms with Crippen molar-refractivity contribution in [1.82, 2.24) is 15.6 Å². The highest BCUT2D eigenvalue weighted by Crippen LogP contribution is 2.25. The van der Waals surface area contributed by atoms with Gasteiger partial charge < -0.3 is 10.6 Å². The highest BCUT2D eigenvalue weighted by molar-refractivity contribution is 7.11. The van der Waals surface area contributed by atoms with Crippen LogP contribution >= 0.6 is 11.3 Å². The van der Waals surface area contributed by atoms with Crippen LogP contribution in [0.2, 0.25) is 0 Å². The number of aliphatic imine (C=N–C) groups is 1. The third-order valence-electron chi connectivity index (χ3n) is 4.50. The molecule has 0 aliphatic carbocycles. The minimum atomic E-state index is 0.0342. The van der Waals surface area contributed by atoms with Gasteiger partial charge in [-0.2, -0.15) is 0 Å². The standard InChI is InChI=1S/C20H30N4S/c1-14-9-7-8-10-17(14)20(4,5)13-23-19(21-6)22-12-11-18-24-15(2)16(3)25-18/h7-10H,11-13H2,1-6H3,(H2,21,22,23). The highest BCUT2D eigenvalue weighted by Gasteiger charge is 2.22. The lowest BCUT2D eigenvalue weighted by Crippen LogP contribution is -2.44. The highest BCUT2D eigenvalue weighted by atomic mass is 32.1. The lowest BCUT2D eigenvalue weighted by atomic mass is 9.82. The van der Waals surface area contributed by atoms with Crippen LogP contribution in [-0.4, -0.2) is 31.1 Å². The van der Waals surface area contributed by atoms with Gasteiger partial charge in [0, 0.05) is 36.9 Å². The van der Waals surface area contributed by atoms with Crippen LogP contribution in [-0.2, 0) is 11.8 Å². The SMILES string of the molecule is CN=C(NCCc1nc(C)c(C)s1)NCC(C)(C)c1ccccc1C. The van der Waals surface area contributed by atoms with E-state index in [0.717, 1.165) is 31.2 Å². The number of guanidine groups is 1. The van der Waals surface area contributed by atoms with Crippen LogP contribution in [0.25, 0.3) is 0 Å². The van der Waals surface area contributed by atoms with Crippen molar-refractivity contribution >= 4 is 17.3 Å². The van der Waals surface area contributed by atoms with Crippen LogP contribution in [0, 0.1) is 20.8 Å². The summed E-state index contributed by atoms with van der Waals surface area (Å²) in [4.78, 5) is 10.2. The molecule has 1 aromatic carbocycles. The summed E-state index contributed by atoms with van der Waals surface area (Å²) in [7, 11) is 1.81. The molecular weight excluding hydrogens is 328 g/mol. The van der Waals surface area contributed by atoms with Crippen LogP contribution in [0.4, 0.5) is 0 Å². The van der Waals surface area contributed by atoms with Gasteiger partial charge in [0.15, 0.2) is 5.96 Å². The molecule has 0 saturated heterocycles. The van der Waals surface area contributed by atoms with E-state index >= 15 is 0 Å². The van der Waals surface area contributed by atoms with Crippen LogP contribution < -0.4 is 10.6 Å². The molecule has 1 heterocycles. The summed E-state index contributed by atoms with van der Waals surface area (Å²) in [5.41, 5.74) is 3.87. The first-order valence-electron chi connectivity index (χ1n) is 8.77. The molecule has 25 heavy (non-hydrogen) atoms. The number of nitrogens with one attached hydrogen (secondary N) is 2. The zero-order chi connectivity index (χ0) is 18.4. The molecule has 0 fully saturated rings. The second-order valence-electron chi connectivity index (χ2n) is 7.05. The lowest BCUT2D eigenvalue weighted by Gasteiger charge is -2.28. The molecule has 2 aromatic rings. The third-order valence-corrected chi connectivity index (χ3v) is 5.63. The van der Waals surface area contributed by atoms with Crippen LogP contribution in [0.3, 0.4) is 0 Å². The molecular formula is C20H30N4S. The van der Waals surface area contributed by atoms with Crippen molar-refractivity contribution in [1.29, 1.82) is 0 Å². The smallest absolute Gasteiger partial charge is 0.191 e. The van der Waals surface area contributed by atoms with Gasteiger partial charge in [-0.1, -0.05) is 38.1 Å². The summed E-state index contributed by atoms with van der Waals surface area (Å²) in [6.07, 6.45) is 0.918. The topological polar surface area (TPSA) is 49.3 Å². The van der Waals surface area contributed by atoms with Crippen molar-refractivity contribution in [3.63, 3.8) is 0 Å². The monoisotopic (exact) mass is 358 g/mol. The minimum absolute atomic E-state index is 0.0342. The first-order chi connectivity index (χ1) is 11.8. The van der Waals surface area contributed by atoms with Gasteiger partial charge in [-0.05, 0) is 31.9 Å². The molecule has 5 heteroatoms. The summed E-state index contributed by atoms with van der Waals surface area (Å²) in [5.74, 6) is 0.839. The van der Waals surface area contributed by atoms with Crippen molar-refractivity contribution in [2.75, 3.05) is 20.1 Å². The van der Waals surface area contributed by atoms with Gasteiger partial charge in [-0.3, -0.25) is 4.99 Å². The molecule has 2 rings (SSSR count). The van der Waals surface area contributed by atoms with E-state index < -0.39 is 0 Å². The Balaban J connectivity index is 1.86. The Hall–Kier alpha value is -1.88. The van der Waals surface area contributed by atoms with E-state index in [1.165, 1.54) is 21.0 Å². The predicted octanol–water partition coefficient (Wildman–Crippen LogP) is 3.75. The molecule has 0 unspecified atom stereocenters. The predicted molar refractivity (Wildman–Crippen MR) is 109 cm³/mol. The first-order valence-corrected chi connectivity index (χ1v) is 9.58. The molecule has 1 aromatic heterocycles. The van der Waals surface area contributed by atoms with Gasteiger partial charge in [0.2, 0.25) is 0 Å². The van der Waals surface area contributed by atoms with E-state index in [-0.39, 0.29) is 5.41 Å². The fraction of sp³-hybridized carbons (Fsp3) is 0.500. The maximum Gasteiger partial charge on any atom is 0.191 e. The third kappa shape index (κ3) is 5.30. The van der Waals surface area contributed by atoms with Crippen molar-refractivity contribution in [2.24, 2.45) is 4.99 Å². The second-order valence-corrected chi connectivity index (χ2v) is 8.34.